The molecule has 0 saturated carbocycles. The van der Waals surface area contributed by atoms with Crippen LogP contribution in [0.1, 0.15) is 66.4 Å². The van der Waals surface area contributed by atoms with Crippen molar-refractivity contribution in [1.82, 2.24) is 5.32 Å². The van der Waals surface area contributed by atoms with Crippen molar-refractivity contribution in [3.05, 3.63) is 29.8 Å². The summed E-state index contributed by atoms with van der Waals surface area (Å²) in [6.45, 7) is 12.8. The summed E-state index contributed by atoms with van der Waals surface area (Å²) in [5.41, 5.74) is 1.52. The predicted octanol–water partition coefficient (Wildman–Crippen LogP) is 4.13. The van der Waals surface area contributed by atoms with Crippen molar-refractivity contribution in [2.45, 2.75) is 72.8 Å². The number of nitrogens with zero attached hydrogens (tertiary/aromatic N) is 1. The van der Waals surface area contributed by atoms with Crippen molar-refractivity contribution in [3.63, 3.8) is 0 Å². The second-order valence-electron chi connectivity index (χ2n) is 9.09. The predicted molar refractivity (Wildman–Crippen MR) is 114 cm³/mol. The minimum Gasteiger partial charge on any atom is -0.351 e. The Bertz CT molecular complexity index is 734. The van der Waals surface area contributed by atoms with E-state index in [1.165, 1.54) is 10.6 Å². The number of carbonyl (C=O) groups is 1. The van der Waals surface area contributed by atoms with Gasteiger partial charge in [-0.05, 0) is 50.2 Å². The number of hydrogen-bond acceptors (Lipinski definition) is 3. The van der Waals surface area contributed by atoms with E-state index in [4.69, 9.17) is 0 Å². The SMILES string of the molecule is CCc1ccccc1N(CCCC(=O)NC(C)(C)CC(C)(C)C)S(C)(=O)=O. The molecule has 1 aromatic carbocycles. The Morgan fingerprint density at radius 3 is 2.22 bits per heavy atom. The van der Waals surface area contributed by atoms with Crippen LogP contribution in [0.3, 0.4) is 0 Å². The average Bonchev–Trinajstić information content (AvgIpc) is 2.47. The first-order valence-electron chi connectivity index (χ1n) is 9.62. The number of benzene rings is 1. The first-order chi connectivity index (χ1) is 12.2. The Kier molecular flexibility index (Phi) is 7.90. The number of nitrogens with one attached hydrogen (secondary N) is 1. The number of sulfonamides is 1. The fourth-order valence-electron chi connectivity index (χ4n) is 3.71. The molecule has 6 heteroatoms. The first kappa shape index (κ1) is 23.5. The van der Waals surface area contributed by atoms with Crippen LogP contribution in [0.4, 0.5) is 5.69 Å². The Balaban J connectivity index is 2.74. The van der Waals surface area contributed by atoms with Crippen LogP contribution in [0.2, 0.25) is 0 Å². The lowest BCUT2D eigenvalue weighted by Crippen LogP contribution is -2.46. The number of rotatable bonds is 9. The number of para-hydroxylation sites is 1. The summed E-state index contributed by atoms with van der Waals surface area (Å²) in [6, 6.07) is 7.52. The number of carbonyl (C=O) groups excluding carboxylic acids is 1. The number of anilines is 1. The Hall–Kier alpha value is -1.56. The third-order valence-electron chi connectivity index (χ3n) is 4.26. The van der Waals surface area contributed by atoms with E-state index in [1.54, 1.807) is 0 Å². The maximum Gasteiger partial charge on any atom is 0.232 e. The van der Waals surface area contributed by atoms with Crippen LogP contribution in [-0.4, -0.2) is 32.7 Å². The van der Waals surface area contributed by atoms with Gasteiger partial charge in [0.2, 0.25) is 15.9 Å². The zero-order valence-corrected chi connectivity index (χ0v) is 18.7. The number of amides is 1. The van der Waals surface area contributed by atoms with Crippen molar-refractivity contribution in [2.75, 3.05) is 17.1 Å². The summed E-state index contributed by atoms with van der Waals surface area (Å²) in [5, 5.41) is 3.08. The maximum absolute atomic E-state index is 12.4. The zero-order chi connectivity index (χ0) is 20.9. The highest BCUT2D eigenvalue weighted by Gasteiger charge is 2.27. The van der Waals surface area contributed by atoms with Crippen LogP contribution >= 0.6 is 0 Å². The molecule has 1 N–H and O–H groups in total. The summed E-state index contributed by atoms with van der Waals surface area (Å²) in [5.74, 6) is -0.0403. The minimum absolute atomic E-state index is 0.0403. The first-order valence-corrected chi connectivity index (χ1v) is 11.5. The molecule has 0 aliphatic rings. The third kappa shape index (κ3) is 8.33. The average molecular weight is 397 g/mol. The molecule has 0 heterocycles. The van der Waals surface area contributed by atoms with Crippen molar-refractivity contribution in [3.8, 4) is 0 Å². The van der Waals surface area contributed by atoms with Crippen LogP contribution in [0, 0.1) is 5.41 Å². The number of aryl methyl sites for hydroxylation is 1. The van der Waals surface area contributed by atoms with Crippen LogP contribution in [-0.2, 0) is 21.2 Å². The normalized spacial score (nSPS) is 12.7. The molecule has 1 rings (SSSR count). The molecule has 27 heavy (non-hydrogen) atoms. The lowest BCUT2D eigenvalue weighted by atomic mass is 9.82. The summed E-state index contributed by atoms with van der Waals surface area (Å²) in [4.78, 5) is 12.4. The molecule has 0 aliphatic carbocycles. The van der Waals surface area contributed by atoms with Gasteiger partial charge in [-0.15, -0.1) is 0 Å². The van der Waals surface area contributed by atoms with Crippen molar-refractivity contribution < 1.29 is 13.2 Å². The highest BCUT2D eigenvalue weighted by Crippen LogP contribution is 2.27. The fraction of sp³-hybridized carbons (Fsp3) is 0.667. The van der Waals surface area contributed by atoms with Gasteiger partial charge in [-0.3, -0.25) is 9.10 Å². The van der Waals surface area contributed by atoms with E-state index in [0.717, 1.165) is 18.4 Å². The molecule has 0 aliphatic heterocycles. The van der Waals surface area contributed by atoms with Crippen LogP contribution in [0.5, 0.6) is 0 Å². The molecule has 0 atom stereocenters. The van der Waals surface area contributed by atoms with E-state index in [9.17, 15) is 13.2 Å². The van der Waals surface area contributed by atoms with Gasteiger partial charge in [-0.2, -0.15) is 0 Å². The lowest BCUT2D eigenvalue weighted by molar-refractivity contribution is -0.123. The second-order valence-corrected chi connectivity index (χ2v) is 11.0. The van der Waals surface area contributed by atoms with Gasteiger partial charge in [0.1, 0.15) is 0 Å². The van der Waals surface area contributed by atoms with Gasteiger partial charge < -0.3 is 5.32 Å². The third-order valence-corrected chi connectivity index (χ3v) is 5.44. The molecule has 0 radical (unpaired) electrons. The molecular weight excluding hydrogens is 360 g/mol. The molecule has 5 nitrogen and oxygen atoms in total. The molecular formula is C21H36N2O3S. The molecule has 1 aromatic rings. The Morgan fingerprint density at radius 2 is 1.70 bits per heavy atom. The standard InChI is InChI=1S/C21H36N2O3S/c1-8-17-12-9-10-13-18(17)23(27(7,25)26)15-11-14-19(24)22-21(5,6)16-20(2,3)4/h9-10,12-13H,8,11,14-16H2,1-7H3,(H,22,24). The van der Waals surface area contributed by atoms with Crippen LogP contribution in [0.15, 0.2) is 24.3 Å². The van der Waals surface area contributed by atoms with Gasteiger partial charge >= 0.3 is 0 Å². The van der Waals surface area contributed by atoms with Crippen LogP contribution in [0.25, 0.3) is 0 Å². The van der Waals surface area contributed by atoms with E-state index in [0.29, 0.717) is 25.1 Å². The van der Waals surface area contributed by atoms with Gasteiger partial charge in [-0.1, -0.05) is 45.9 Å². The molecule has 1 amide bonds. The summed E-state index contributed by atoms with van der Waals surface area (Å²) < 4.78 is 26.0. The van der Waals surface area contributed by atoms with Gasteiger partial charge in [-0.25, -0.2) is 8.42 Å². The molecule has 0 fully saturated rings. The van der Waals surface area contributed by atoms with E-state index in [-0.39, 0.29) is 16.9 Å². The molecule has 0 saturated heterocycles. The van der Waals surface area contributed by atoms with E-state index < -0.39 is 10.0 Å². The van der Waals surface area contributed by atoms with Gasteiger partial charge in [0, 0.05) is 18.5 Å². The maximum atomic E-state index is 12.4. The Morgan fingerprint density at radius 1 is 1.11 bits per heavy atom. The highest BCUT2D eigenvalue weighted by atomic mass is 32.2. The zero-order valence-electron chi connectivity index (χ0n) is 17.9. The lowest BCUT2D eigenvalue weighted by Gasteiger charge is -2.33. The molecule has 0 unspecified atom stereocenters. The van der Waals surface area contributed by atoms with Gasteiger partial charge in [0.25, 0.3) is 0 Å². The topological polar surface area (TPSA) is 66.5 Å². The minimum atomic E-state index is -3.41. The molecule has 0 bridgehead atoms. The molecule has 0 spiro atoms. The number of hydrogen-bond donors (Lipinski definition) is 1. The van der Waals surface area contributed by atoms with E-state index in [1.807, 2.05) is 45.0 Å². The molecule has 0 aromatic heterocycles. The smallest absolute Gasteiger partial charge is 0.232 e. The van der Waals surface area contributed by atoms with E-state index in [2.05, 4.69) is 26.1 Å². The summed E-state index contributed by atoms with van der Waals surface area (Å²) in [6.07, 6.45) is 3.61. The summed E-state index contributed by atoms with van der Waals surface area (Å²) >= 11 is 0. The van der Waals surface area contributed by atoms with Crippen molar-refractivity contribution >= 4 is 21.6 Å². The van der Waals surface area contributed by atoms with E-state index >= 15 is 0 Å². The second kappa shape index (κ2) is 9.09. The quantitative estimate of drug-likeness (QED) is 0.682. The molecule has 154 valence electrons. The van der Waals surface area contributed by atoms with Gasteiger partial charge in [0.15, 0.2) is 0 Å². The fourth-order valence-corrected chi connectivity index (χ4v) is 4.71. The highest BCUT2D eigenvalue weighted by molar-refractivity contribution is 7.92. The van der Waals surface area contributed by atoms with Crippen LogP contribution < -0.4 is 9.62 Å². The Labute approximate surface area is 165 Å². The largest absolute Gasteiger partial charge is 0.351 e. The van der Waals surface area contributed by atoms with Gasteiger partial charge in [0.05, 0.1) is 11.9 Å². The monoisotopic (exact) mass is 396 g/mol. The summed E-state index contributed by atoms with van der Waals surface area (Å²) in [7, 11) is -3.41. The van der Waals surface area contributed by atoms with Crippen molar-refractivity contribution in [2.24, 2.45) is 5.41 Å². The van der Waals surface area contributed by atoms with Crippen molar-refractivity contribution in [1.29, 1.82) is 0 Å².